The van der Waals surface area contributed by atoms with E-state index >= 15 is 0 Å². The summed E-state index contributed by atoms with van der Waals surface area (Å²) in [6, 6.07) is 5.59. The summed E-state index contributed by atoms with van der Waals surface area (Å²) in [5, 5.41) is 21.3. The highest BCUT2D eigenvalue weighted by Gasteiger charge is 2.33. The van der Waals surface area contributed by atoms with Gasteiger partial charge in [0.15, 0.2) is 0 Å². The van der Waals surface area contributed by atoms with Gasteiger partial charge in [0, 0.05) is 32.4 Å². The zero-order valence-electron chi connectivity index (χ0n) is 13.9. The van der Waals surface area contributed by atoms with Crippen LogP contribution >= 0.6 is 11.8 Å². The van der Waals surface area contributed by atoms with Crippen LogP contribution in [0.25, 0.3) is 0 Å². The van der Waals surface area contributed by atoms with E-state index in [9.17, 15) is 20.0 Å². The molecule has 0 fully saturated rings. The summed E-state index contributed by atoms with van der Waals surface area (Å²) in [4.78, 5) is 28.9. The average Bonchev–Trinajstić information content (AvgIpc) is 2.83. The lowest BCUT2D eigenvalue weighted by atomic mass is 10.2. The largest absolute Gasteiger partial charge is 0.506 e. The second-order valence-electron chi connectivity index (χ2n) is 5.19. The van der Waals surface area contributed by atoms with Crippen molar-refractivity contribution in [1.29, 1.82) is 0 Å². The molecular weight excluding hydrogens is 346 g/mol. The van der Waals surface area contributed by atoms with E-state index < -0.39 is 10.9 Å². The highest BCUT2D eigenvalue weighted by Crippen LogP contribution is 2.39. The molecule has 1 aliphatic rings. The van der Waals surface area contributed by atoms with E-state index in [0.29, 0.717) is 10.6 Å². The number of ether oxygens (including phenoxy) is 1. The first-order chi connectivity index (χ1) is 11.8. The minimum atomic E-state index is -0.671. The van der Waals surface area contributed by atoms with E-state index in [0.717, 1.165) is 11.8 Å². The maximum atomic E-state index is 12.2. The number of thioether (sulfide) groups is 1. The van der Waals surface area contributed by atoms with Crippen LogP contribution in [0, 0.1) is 10.1 Å². The third kappa shape index (κ3) is 4.38. The maximum absolute atomic E-state index is 12.2. The van der Waals surface area contributed by atoms with Gasteiger partial charge in [0.25, 0.3) is 5.69 Å². The summed E-state index contributed by atoms with van der Waals surface area (Å²) < 4.78 is 4.99. The van der Waals surface area contributed by atoms with Crippen LogP contribution in [-0.4, -0.2) is 46.6 Å². The summed E-state index contributed by atoms with van der Waals surface area (Å²) in [6.45, 7) is 1.83. The Morgan fingerprint density at radius 1 is 1.40 bits per heavy atom. The molecule has 1 aromatic rings. The molecular formula is C16H17N3O5S. The standard InChI is InChI=1S/C16H17N3O5S/c1-4-24-16(21)13-14(20)12(9-18(2)3)25-15(13)17-10-5-7-11(8-6-10)19(22)23/h5-9,20H,4H2,1-3H3/b12-9+,17-15?. The Morgan fingerprint density at radius 3 is 2.56 bits per heavy atom. The quantitative estimate of drug-likeness (QED) is 0.486. The molecule has 0 aromatic heterocycles. The molecule has 0 spiro atoms. The Balaban J connectivity index is 2.43. The minimum absolute atomic E-state index is 0.0155. The lowest BCUT2D eigenvalue weighted by Gasteiger charge is -2.06. The van der Waals surface area contributed by atoms with Gasteiger partial charge in [-0.15, -0.1) is 0 Å². The highest BCUT2D eigenvalue weighted by molar-refractivity contribution is 8.18. The van der Waals surface area contributed by atoms with Gasteiger partial charge < -0.3 is 14.7 Å². The molecule has 8 nitrogen and oxygen atoms in total. The molecule has 1 heterocycles. The van der Waals surface area contributed by atoms with Gasteiger partial charge in [0.2, 0.25) is 0 Å². The van der Waals surface area contributed by atoms with Crippen LogP contribution < -0.4 is 0 Å². The van der Waals surface area contributed by atoms with Gasteiger partial charge >= 0.3 is 5.97 Å². The zero-order valence-corrected chi connectivity index (χ0v) is 14.7. The van der Waals surface area contributed by atoms with Crippen LogP contribution in [0.4, 0.5) is 11.4 Å². The third-order valence-corrected chi connectivity index (χ3v) is 4.04. The number of esters is 1. The van der Waals surface area contributed by atoms with Crippen LogP contribution in [0.5, 0.6) is 0 Å². The van der Waals surface area contributed by atoms with E-state index in [4.69, 9.17) is 4.74 Å². The van der Waals surface area contributed by atoms with Crippen molar-refractivity contribution in [3.63, 3.8) is 0 Å². The van der Waals surface area contributed by atoms with Crippen LogP contribution in [-0.2, 0) is 9.53 Å². The number of carbonyl (C=O) groups is 1. The Bertz CT molecular complexity index is 781. The second-order valence-corrected chi connectivity index (χ2v) is 6.22. The molecule has 0 aliphatic carbocycles. The normalized spacial score (nSPS) is 17.2. The topological polar surface area (TPSA) is 105 Å². The van der Waals surface area contributed by atoms with Crippen molar-refractivity contribution >= 4 is 34.1 Å². The van der Waals surface area contributed by atoms with Crippen LogP contribution in [0.15, 0.2) is 51.7 Å². The number of aliphatic hydroxyl groups excluding tert-OH is 1. The van der Waals surface area contributed by atoms with Crippen molar-refractivity contribution in [3.05, 3.63) is 56.8 Å². The fourth-order valence-electron chi connectivity index (χ4n) is 1.98. The first-order valence-corrected chi connectivity index (χ1v) is 8.15. The number of aliphatic imine (C=N–C) groups is 1. The fraction of sp³-hybridized carbons (Fsp3) is 0.250. The van der Waals surface area contributed by atoms with Crippen molar-refractivity contribution < 1.29 is 19.6 Å². The first-order valence-electron chi connectivity index (χ1n) is 7.33. The molecule has 0 atom stereocenters. The van der Waals surface area contributed by atoms with Crippen molar-refractivity contribution in [1.82, 2.24) is 4.90 Å². The summed E-state index contributed by atoms with van der Waals surface area (Å²) in [5.74, 6) is -0.867. The Hall–Kier alpha value is -2.81. The maximum Gasteiger partial charge on any atom is 0.344 e. The van der Waals surface area contributed by atoms with Gasteiger partial charge in [-0.3, -0.25) is 10.1 Å². The molecule has 1 aliphatic heterocycles. The van der Waals surface area contributed by atoms with E-state index in [2.05, 4.69) is 4.99 Å². The number of nitro benzene ring substituents is 1. The lowest BCUT2D eigenvalue weighted by Crippen LogP contribution is -2.12. The van der Waals surface area contributed by atoms with Gasteiger partial charge in [-0.1, -0.05) is 11.8 Å². The van der Waals surface area contributed by atoms with Crippen molar-refractivity contribution in [3.8, 4) is 0 Å². The van der Waals surface area contributed by atoms with E-state index in [1.807, 2.05) is 0 Å². The minimum Gasteiger partial charge on any atom is -0.506 e. The average molecular weight is 363 g/mol. The SMILES string of the molecule is CCOC(=O)C1=C(O)/C(=C\N(C)C)SC1=Nc1ccc([N+](=O)[O-])cc1. The molecule has 1 N–H and O–H groups in total. The molecule has 0 unspecified atom stereocenters. The van der Waals surface area contributed by atoms with E-state index in [1.165, 1.54) is 24.3 Å². The number of rotatable bonds is 5. The second kappa shape index (κ2) is 7.84. The van der Waals surface area contributed by atoms with E-state index in [1.54, 1.807) is 32.1 Å². The highest BCUT2D eigenvalue weighted by atomic mass is 32.2. The van der Waals surface area contributed by atoms with Gasteiger partial charge in [-0.2, -0.15) is 0 Å². The number of carbonyl (C=O) groups excluding carboxylic acids is 1. The molecule has 0 saturated heterocycles. The molecule has 9 heteroatoms. The number of nitrogens with zero attached hydrogens (tertiary/aromatic N) is 3. The Morgan fingerprint density at radius 2 is 2.04 bits per heavy atom. The number of benzene rings is 1. The van der Waals surface area contributed by atoms with Gasteiger partial charge in [0.05, 0.1) is 22.1 Å². The Kier molecular flexibility index (Phi) is 5.81. The molecule has 0 bridgehead atoms. The van der Waals surface area contributed by atoms with Crippen molar-refractivity contribution in [2.75, 3.05) is 20.7 Å². The van der Waals surface area contributed by atoms with Crippen molar-refractivity contribution in [2.45, 2.75) is 6.92 Å². The van der Waals surface area contributed by atoms with Crippen LogP contribution in [0.3, 0.4) is 0 Å². The summed E-state index contributed by atoms with van der Waals surface area (Å²) in [6.07, 6.45) is 1.66. The number of non-ortho nitro benzene ring substituents is 1. The molecule has 1 aromatic carbocycles. The molecule has 2 rings (SSSR count). The Labute approximate surface area is 148 Å². The summed E-state index contributed by atoms with van der Waals surface area (Å²) in [7, 11) is 3.58. The molecule has 0 radical (unpaired) electrons. The molecule has 25 heavy (non-hydrogen) atoms. The predicted octanol–water partition coefficient (Wildman–Crippen LogP) is 3.15. The lowest BCUT2D eigenvalue weighted by molar-refractivity contribution is -0.384. The van der Waals surface area contributed by atoms with Crippen LogP contribution in [0.2, 0.25) is 0 Å². The predicted molar refractivity (Wildman–Crippen MR) is 95.8 cm³/mol. The summed E-state index contributed by atoms with van der Waals surface area (Å²) >= 11 is 1.13. The number of hydrogen-bond acceptors (Lipinski definition) is 8. The fourth-order valence-corrected chi connectivity index (χ4v) is 3.09. The number of aliphatic hydroxyl groups is 1. The van der Waals surface area contributed by atoms with Crippen LogP contribution in [0.1, 0.15) is 6.92 Å². The first kappa shape index (κ1) is 18.5. The van der Waals surface area contributed by atoms with E-state index in [-0.39, 0.29) is 28.7 Å². The molecule has 0 saturated carbocycles. The smallest absolute Gasteiger partial charge is 0.344 e. The number of hydrogen-bond donors (Lipinski definition) is 1. The molecule has 0 amide bonds. The van der Waals surface area contributed by atoms with Gasteiger partial charge in [-0.05, 0) is 19.1 Å². The number of nitro groups is 1. The van der Waals surface area contributed by atoms with Gasteiger partial charge in [-0.25, -0.2) is 9.79 Å². The van der Waals surface area contributed by atoms with Gasteiger partial charge in [0.1, 0.15) is 16.4 Å². The summed E-state index contributed by atoms with van der Waals surface area (Å²) in [5.41, 5.74) is 0.354. The monoisotopic (exact) mass is 363 g/mol. The molecule has 132 valence electrons. The zero-order chi connectivity index (χ0) is 18.6. The van der Waals surface area contributed by atoms with Crippen molar-refractivity contribution in [2.24, 2.45) is 4.99 Å². The third-order valence-electron chi connectivity index (χ3n) is 3.04.